The molecule has 14 heteroatoms. The Hall–Kier alpha value is -6.44. The molecule has 0 heterocycles. The van der Waals surface area contributed by atoms with Gasteiger partial charge in [0.05, 0.1) is 16.7 Å². The van der Waals surface area contributed by atoms with Crippen molar-refractivity contribution < 1.29 is 52.1 Å². The van der Waals surface area contributed by atoms with Gasteiger partial charge in [0.1, 0.15) is 22.8 Å². The maximum absolute atomic E-state index is 14.7. The van der Waals surface area contributed by atoms with Crippen LogP contribution in [0, 0.1) is 36.3 Å². The van der Waals surface area contributed by atoms with Gasteiger partial charge < -0.3 is 30.9 Å². The van der Waals surface area contributed by atoms with Crippen LogP contribution in [0.2, 0.25) is 0 Å². The maximum Gasteiger partial charge on any atom is 0.338 e. The number of halogens is 2. The molecule has 0 fully saturated rings. The zero-order valence-electron chi connectivity index (χ0n) is 39.2. The van der Waals surface area contributed by atoms with Crippen molar-refractivity contribution >= 4 is 35.6 Å². The Morgan fingerprint density at radius 2 is 0.875 bits per heavy atom. The first-order chi connectivity index (χ1) is 29.2. The lowest BCUT2D eigenvalue weighted by molar-refractivity contribution is 0.00566. The first kappa shape index (κ1) is 51.9. The lowest BCUT2D eigenvalue weighted by Crippen LogP contribution is -2.32. The molecule has 0 saturated heterocycles. The maximum atomic E-state index is 14.7. The van der Waals surface area contributed by atoms with Crippen molar-refractivity contribution in [3.63, 3.8) is 0 Å². The van der Waals surface area contributed by atoms with Crippen LogP contribution < -0.4 is 16.4 Å². The van der Waals surface area contributed by atoms with E-state index < -0.39 is 52.6 Å². The molecule has 0 spiro atoms. The summed E-state index contributed by atoms with van der Waals surface area (Å²) < 4.78 is 40.0. The Bertz CT molecular complexity index is 2300. The van der Waals surface area contributed by atoms with Crippen molar-refractivity contribution in [3.8, 4) is 22.3 Å². The van der Waals surface area contributed by atoms with Crippen LogP contribution in [-0.2, 0) is 9.47 Å². The lowest BCUT2D eigenvalue weighted by Gasteiger charge is -2.20. The molecule has 12 nitrogen and oxygen atoms in total. The number of amides is 3. The van der Waals surface area contributed by atoms with E-state index in [9.17, 15) is 42.7 Å². The lowest BCUT2D eigenvalue weighted by atomic mass is 9.92. The zero-order chi connectivity index (χ0) is 48.9. The fraction of sp³-hybridized carbons (Fsp3) is 0.400. The number of carbonyl (C=O) groups excluding carboxylic acids is 5. The van der Waals surface area contributed by atoms with Gasteiger partial charge in [0, 0.05) is 29.8 Å². The molecule has 0 bridgehead atoms. The van der Waals surface area contributed by atoms with E-state index in [1.54, 1.807) is 41.5 Å². The number of nitrogens with two attached hydrogens (primary N) is 1. The second kappa shape index (κ2) is 19.9. The molecule has 0 aliphatic heterocycles. The molecule has 344 valence electrons. The number of benzene rings is 4. The summed E-state index contributed by atoms with van der Waals surface area (Å²) in [6.07, 6.45) is 0. The second-order valence-corrected chi connectivity index (χ2v) is 19.9. The average molecular weight is 886 g/mol. The highest BCUT2D eigenvalue weighted by Gasteiger charge is 2.25. The van der Waals surface area contributed by atoms with Gasteiger partial charge in [0.2, 0.25) is 5.91 Å². The molecule has 0 aliphatic carbocycles. The molecule has 4 aromatic carbocycles. The summed E-state index contributed by atoms with van der Waals surface area (Å²) in [4.78, 5) is 74.1. The molecule has 0 unspecified atom stereocenters. The summed E-state index contributed by atoms with van der Waals surface area (Å²) in [7, 11) is 0. The van der Waals surface area contributed by atoms with Gasteiger partial charge in [-0.2, -0.15) is 0 Å². The van der Waals surface area contributed by atoms with Crippen molar-refractivity contribution in [2.75, 3.05) is 13.1 Å². The molecule has 3 amide bonds. The molecule has 0 aliphatic rings. The molecule has 5 N–H and O–H groups in total. The van der Waals surface area contributed by atoms with E-state index in [2.05, 4.69) is 10.6 Å². The fourth-order valence-corrected chi connectivity index (χ4v) is 5.94. The van der Waals surface area contributed by atoms with Crippen molar-refractivity contribution in [2.45, 2.75) is 108 Å². The molecule has 4 aromatic rings. The predicted octanol–water partition coefficient (Wildman–Crippen LogP) is 9.86. The van der Waals surface area contributed by atoms with Crippen LogP contribution in [0.4, 0.5) is 8.78 Å². The van der Waals surface area contributed by atoms with Crippen LogP contribution in [0.3, 0.4) is 0 Å². The third-order valence-corrected chi connectivity index (χ3v) is 9.16. The van der Waals surface area contributed by atoms with E-state index in [1.807, 2.05) is 41.5 Å². The fourth-order valence-electron chi connectivity index (χ4n) is 5.94. The number of esters is 2. The van der Waals surface area contributed by atoms with Crippen LogP contribution in [0.1, 0.15) is 156 Å². The van der Waals surface area contributed by atoms with Gasteiger partial charge in [-0.25, -0.2) is 23.2 Å². The SMILES string of the molecule is Cc1c(F)cc(C(=O)OC(C)(C)C)cc1-c1ccc(C(=O)NCC(C)(C)C)cc1C(=O)O.Cc1c(F)cc(C(=O)OC(C)(C)C)cc1-c1ccc(C(=O)NCC(C)(C)C)cc1C(N)=O. The molecule has 0 atom stereocenters. The van der Waals surface area contributed by atoms with Crippen molar-refractivity contribution in [1.29, 1.82) is 0 Å². The summed E-state index contributed by atoms with van der Waals surface area (Å²) >= 11 is 0. The number of carboxylic acid groups (broad SMARTS) is 1. The van der Waals surface area contributed by atoms with E-state index in [1.165, 1.54) is 62.4 Å². The average Bonchev–Trinajstić information content (AvgIpc) is 3.15. The molecule has 0 aromatic heterocycles. The van der Waals surface area contributed by atoms with E-state index in [0.717, 1.165) is 12.1 Å². The van der Waals surface area contributed by atoms with Crippen molar-refractivity contribution in [3.05, 3.63) is 117 Å². The van der Waals surface area contributed by atoms with Gasteiger partial charge in [-0.3, -0.25) is 14.4 Å². The van der Waals surface area contributed by atoms with Gasteiger partial charge in [-0.05, 0) is 148 Å². The second-order valence-electron chi connectivity index (χ2n) is 19.9. The summed E-state index contributed by atoms with van der Waals surface area (Å²) in [6, 6.07) is 13.7. The minimum Gasteiger partial charge on any atom is -0.478 e. The van der Waals surface area contributed by atoms with E-state index in [4.69, 9.17) is 15.2 Å². The molecule has 64 heavy (non-hydrogen) atoms. The Labute approximate surface area is 374 Å². The topological polar surface area (TPSA) is 191 Å². The summed E-state index contributed by atoms with van der Waals surface area (Å²) in [5.74, 6) is -5.47. The number of primary amides is 1. The van der Waals surface area contributed by atoms with Crippen LogP contribution in [0.25, 0.3) is 22.3 Å². The third kappa shape index (κ3) is 14.8. The predicted molar refractivity (Wildman–Crippen MR) is 243 cm³/mol. The summed E-state index contributed by atoms with van der Waals surface area (Å²) in [6.45, 7) is 26.0. The highest BCUT2D eigenvalue weighted by atomic mass is 19.1. The van der Waals surface area contributed by atoms with Crippen molar-refractivity contribution in [1.82, 2.24) is 10.6 Å². The minimum atomic E-state index is -1.27. The third-order valence-electron chi connectivity index (χ3n) is 9.16. The Balaban J connectivity index is 0.000000340. The Morgan fingerprint density at radius 3 is 1.19 bits per heavy atom. The minimum absolute atomic E-state index is 0.0143. The first-order valence-corrected chi connectivity index (χ1v) is 20.6. The Kier molecular flexibility index (Phi) is 16.2. The molecular weight excluding hydrogens is 825 g/mol. The van der Waals surface area contributed by atoms with Crippen LogP contribution in [0.15, 0.2) is 60.7 Å². The first-order valence-electron chi connectivity index (χ1n) is 20.6. The quantitative estimate of drug-likeness (QED) is 0.112. The number of ether oxygens (including phenoxy) is 2. The van der Waals surface area contributed by atoms with E-state index in [0.29, 0.717) is 24.2 Å². The van der Waals surface area contributed by atoms with Gasteiger partial charge in [-0.1, -0.05) is 53.7 Å². The largest absolute Gasteiger partial charge is 0.478 e. The van der Waals surface area contributed by atoms with Crippen LogP contribution in [0.5, 0.6) is 0 Å². The van der Waals surface area contributed by atoms with Crippen LogP contribution >= 0.6 is 0 Å². The van der Waals surface area contributed by atoms with Crippen LogP contribution in [-0.4, -0.2) is 65.0 Å². The number of rotatable bonds is 10. The van der Waals surface area contributed by atoms with Gasteiger partial charge in [0.25, 0.3) is 11.8 Å². The summed E-state index contributed by atoms with van der Waals surface area (Å²) in [5, 5.41) is 15.4. The number of nitrogens with one attached hydrogen (secondary N) is 2. The molecule has 0 saturated carbocycles. The number of aromatic carboxylic acids is 1. The number of hydrogen-bond donors (Lipinski definition) is 4. The monoisotopic (exact) mass is 885 g/mol. The van der Waals surface area contributed by atoms with Crippen molar-refractivity contribution in [2.24, 2.45) is 16.6 Å². The number of carboxylic acids is 1. The van der Waals surface area contributed by atoms with Gasteiger partial charge in [0.15, 0.2) is 0 Å². The van der Waals surface area contributed by atoms with E-state index in [-0.39, 0.29) is 72.4 Å². The summed E-state index contributed by atoms with van der Waals surface area (Å²) in [5.41, 5.74) is 5.63. The normalized spacial score (nSPS) is 11.8. The molecule has 0 radical (unpaired) electrons. The van der Waals surface area contributed by atoms with Gasteiger partial charge >= 0.3 is 17.9 Å². The molecule has 4 rings (SSSR count). The van der Waals surface area contributed by atoms with Gasteiger partial charge in [-0.15, -0.1) is 0 Å². The zero-order valence-corrected chi connectivity index (χ0v) is 39.2. The molecular formula is C50H61F2N3O9. The standard InChI is InChI=1S/C25H31FN2O4.C25H30FNO5/c1-14-18(11-16(12-20(14)26)23(31)32-25(5,6)7)17-9-8-15(10-19(17)21(27)29)22(30)28-13-24(2,3)4;1-14-18(11-16(12-20(14)26)23(31)32-25(5,6)7)17-9-8-15(10-19(17)22(29)30)21(28)27-13-24(2,3)4/h8-12H,13H2,1-7H3,(H2,27,29)(H,28,30);8-12H,13H2,1-7H3,(H,27,28)(H,29,30). The smallest absolute Gasteiger partial charge is 0.338 e. The highest BCUT2D eigenvalue weighted by Crippen LogP contribution is 2.33. The number of hydrogen-bond acceptors (Lipinski definition) is 8. The van der Waals surface area contributed by atoms with E-state index >= 15 is 0 Å². The Morgan fingerprint density at radius 1 is 0.531 bits per heavy atom. The highest BCUT2D eigenvalue weighted by molar-refractivity contribution is 6.05. The number of carbonyl (C=O) groups is 6.